The molecule has 6 heteroatoms. The molecule has 0 aliphatic rings. The fourth-order valence-corrected chi connectivity index (χ4v) is 3.41. The highest BCUT2D eigenvalue weighted by atomic mass is 32.2. The molecule has 19 heavy (non-hydrogen) atoms. The molecule has 0 saturated carbocycles. The number of hydrogen-bond acceptors (Lipinski definition) is 5. The van der Waals surface area contributed by atoms with E-state index in [1.165, 1.54) is 16.2 Å². The van der Waals surface area contributed by atoms with Crippen molar-refractivity contribution >= 4 is 28.9 Å². The Labute approximate surface area is 120 Å². The molecule has 0 unspecified atom stereocenters. The number of nitrogens with two attached hydrogens (primary N) is 1. The van der Waals surface area contributed by atoms with E-state index in [9.17, 15) is 0 Å². The number of rotatable bonds is 6. The maximum absolute atomic E-state index is 7.55. The maximum Gasteiger partial charge on any atom is 0.135 e. The number of hydrogen-bond donors (Lipinski definition) is 2. The number of nitrogens with one attached hydrogen (secondary N) is 1. The molecular weight excluding hydrogens is 278 g/mol. The van der Waals surface area contributed by atoms with Crippen molar-refractivity contribution in [1.29, 1.82) is 5.41 Å². The molecule has 0 atom stereocenters. The molecule has 0 saturated heterocycles. The highest BCUT2D eigenvalue weighted by Gasteiger charge is 2.13. The Morgan fingerprint density at radius 3 is 2.79 bits per heavy atom. The zero-order valence-electron chi connectivity index (χ0n) is 10.6. The Morgan fingerprint density at radius 2 is 2.16 bits per heavy atom. The van der Waals surface area contributed by atoms with Crippen molar-refractivity contribution in [3.8, 4) is 0 Å². The summed E-state index contributed by atoms with van der Waals surface area (Å²) in [4.78, 5) is 6.41. The van der Waals surface area contributed by atoms with Crippen molar-refractivity contribution in [2.45, 2.75) is 17.3 Å². The number of methoxy groups -OCH3 is 1. The predicted molar refractivity (Wildman–Crippen MR) is 79.8 cm³/mol. The number of thiazole rings is 1. The van der Waals surface area contributed by atoms with E-state index < -0.39 is 0 Å². The fraction of sp³-hybridized carbons (Fsp3) is 0.231. The Bertz CT molecular complexity index is 554. The average molecular weight is 293 g/mol. The van der Waals surface area contributed by atoms with Crippen molar-refractivity contribution in [2.24, 2.45) is 5.73 Å². The van der Waals surface area contributed by atoms with Crippen LogP contribution in [-0.4, -0.2) is 17.9 Å². The van der Waals surface area contributed by atoms with Gasteiger partial charge in [0.2, 0.25) is 0 Å². The third-order valence-corrected chi connectivity index (χ3v) is 4.71. The lowest BCUT2D eigenvalue weighted by molar-refractivity contribution is 0.182. The molecule has 0 fully saturated rings. The molecule has 0 spiro atoms. The Balaban J connectivity index is 2.08. The summed E-state index contributed by atoms with van der Waals surface area (Å²) in [6.07, 6.45) is 0. The quantitative estimate of drug-likeness (QED) is 0.488. The topological polar surface area (TPSA) is 72.0 Å². The molecule has 1 aromatic carbocycles. The smallest absolute Gasteiger partial charge is 0.135 e. The third kappa shape index (κ3) is 3.79. The van der Waals surface area contributed by atoms with Crippen LogP contribution in [0.15, 0.2) is 35.2 Å². The van der Waals surface area contributed by atoms with Gasteiger partial charge in [-0.1, -0.05) is 18.2 Å². The maximum atomic E-state index is 7.55. The largest absolute Gasteiger partial charge is 0.383 e. The normalized spacial score (nSPS) is 10.6. The second-order valence-electron chi connectivity index (χ2n) is 3.83. The number of thioether (sulfide) groups is 1. The molecule has 1 heterocycles. The predicted octanol–water partition coefficient (Wildman–Crippen LogP) is 2.87. The van der Waals surface area contributed by atoms with E-state index in [-0.39, 0.29) is 5.84 Å². The van der Waals surface area contributed by atoms with Gasteiger partial charge in [0.15, 0.2) is 0 Å². The van der Waals surface area contributed by atoms with Gasteiger partial charge in [0.25, 0.3) is 0 Å². The summed E-state index contributed by atoms with van der Waals surface area (Å²) in [5, 5.41) is 8.51. The molecule has 100 valence electrons. The van der Waals surface area contributed by atoms with Gasteiger partial charge in [-0.2, -0.15) is 0 Å². The van der Waals surface area contributed by atoms with E-state index in [0.717, 1.165) is 16.5 Å². The molecule has 0 aliphatic carbocycles. The summed E-state index contributed by atoms with van der Waals surface area (Å²) in [5.41, 5.74) is 6.31. The number of nitrogens with zero attached hydrogens (tertiary/aromatic N) is 1. The van der Waals surface area contributed by atoms with Crippen molar-refractivity contribution in [1.82, 2.24) is 4.98 Å². The summed E-state index contributed by atoms with van der Waals surface area (Å²) in [6, 6.07) is 10.2. The van der Waals surface area contributed by atoms with Gasteiger partial charge in [-0.05, 0) is 12.1 Å². The molecule has 2 aromatic rings. The Hall–Kier alpha value is -1.37. The van der Waals surface area contributed by atoms with Crippen LogP contribution in [0.1, 0.15) is 15.6 Å². The molecule has 0 amide bonds. The monoisotopic (exact) mass is 293 g/mol. The standard InChI is InChI=1S/C13H15N3OS2/c1-17-7-10-12(13(14)15)19-11(16-10)8-18-9-5-3-2-4-6-9/h2-6H,7-8H2,1H3,(H3,14,15). The number of aromatic nitrogens is 1. The lowest BCUT2D eigenvalue weighted by atomic mass is 10.3. The van der Waals surface area contributed by atoms with Crippen LogP contribution < -0.4 is 5.73 Å². The van der Waals surface area contributed by atoms with E-state index in [0.29, 0.717) is 11.5 Å². The lowest BCUT2D eigenvalue weighted by Crippen LogP contribution is -2.11. The fourth-order valence-electron chi connectivity index (χ4n) is 1.57. The first-order chi connectivity index (χ1) is 9.20. The van der Waals surface area contributed by atoms with E-state index >= 15 is 0 Å². The summed E-state index contributed by atoms with van der Waals surface area (Å²) >= 11 is 3.19. The lowest BCUT2D eigenvalue weighted by Gasteiger charge is -1.97. The summed E-state index contributed by atoms with van der Waals surface area (Å²) in [5.74, 6) is 0.832. The first-order valence-corrected chi connectivity index (χ1v) is 7.50. The van der Waals surface area contributed by atoms with E-state index in [1.807, 2.05) is 18.2 Å². The molecule has 4 nitrogen and oxygen atoms in total. The van der Waals surface area contributed by atoms with Gasteiger partial charge >= 0.3 is 0 Å². The number of ether oxygens (including phenoxy) is 1. The van der Waals surface area contributed by atoms with Gasteiger partial charge in [0, 0.05) is 12.0 Å². The van der Waals surface area contributed by atoms with Crippen LogP contribution in [0.3, 0.4) is 0 Å². The van der Waals surface area contributed by atoms with Gasteiger partial charge < -0.3 is 10.5 Å². The van der Waals surface area contributed by atoms with Crippen molar-refractivity contribution in [2.75, 3.05) is 7.11 Å². The van der Waals surface area contributed by atoms with Crippen LogP contribution in [0.25, 0.3) is 0 Å². The number of benzene rings is 1. The Morgan fingerprint density at radius 1 is 1.42 bits per heavy atom. The van der Waals surface area contributed by atoms with Gasteiger partial charge in [-0.3, -0.25) is 5.41 Å². The van der Waals surface area contributed by atoms with Crippen LogP contribution in [0, 0.1) is 5.41 Å². The number of nitrogen functional groups attached to an aromatic ring is 1. The minimum atomic E-state index is 0.0560. The van der Waals surface area contributed by atoms with Crippen LogP contribution >= 0.6 is 23.1 Å². The Kier molecular flexibility index (Phi) is 4.95. The molecule has 0 bridgehead atoms. The molecule has 0 aliphatic heterocycles. The molecule has 1 aromatic heterocycles. The first-order valence-electron chi connectivity index (χ1n) is 5.70. The minimum Gasteiger partial charge on any atom is -0.383 e. The summed E-state index contributed by atoms with van der Waals surface area (Å²) in [6.45, 7) is 0.390. The zero-order valence-corrected chi connectivity index (χ0v) is 12.2. The third-order valence-electron chi connectivity index (χ3n) is 2.37. The van der Waals surface area contributed by atoms with Crippen LogP contribution in [0.5, 0.6) is 0 Å². The van der Waals surface area contributed by atoms with Crippen LogP contribution in [-0.2, 0) is 17.1 Å². The van der Waals surface area contributed by atoms with Crippen LogP contribution in [0.4, 0.5) is 0 Å². The van der Waals surface area contributed by atoms with E-state index in [1.54, 1.807) is 18.9 Å². The summed E-state index contributed by atoms with van der Waals surface area (Å²) < 4.78 is 5.08. The van der Waals surface area contributed by atoms with Crippen LogP contribution in [0.2, 0.25) is 0 Å². The molecule has 3 N–H and O–H groups in total. The van der Waals surface area contributed by atoms with Gasteiger partial charge in [-0.15, -0.1) is 23.1 Å². The first kappa shape index (κ1) is 14.0. The highest BCUT2D eigenvalue weighted by molar-refractivity contribution is 7.98. The van der Waals surface area contributed by atoms with Gasteiger partial charge in [0.1, 0.15) is 10.8 Å². The van der Waals surface area contributed by atoms with Gasteiger partial charge in [-0.25, -0.2) is 4.98 Å². The van der Waals surface area contributed by atoms with E-state index in [2.05, 4.69) is 17.1 Å². The van der Waals surface area contributed by atoms with Crippen molar-refractivity contribution in [3.63, 3.8) is 0 Å². The second-order valence-corrected chi connectivity index (χ2v) is 5.96. The SMILES string of the molecule is COCc1nc(CSc2ccccc2)sc1C(=N)N. The highest BCUT2D eigenvalue weighted by Crippen LogP contribution is 2.27. The van der Waals surface area contributed by atoms with Crippen molar-refractivity contribution < 1.29 is 4.74 Å². The molecule has 2 rings (SSSR count). The number of amidine groups is 1. The minimum absolute atomic E-state index is 0.0560. The average Bonchev–Trinajstić information content (AvgIpc) is 2.81. The second kappa shape index (κ2) is 6.70. The molecular formula is C13H15N3OS2. The van der Waals surface area contributed by atoms with Gasteiger partial charge in [0.05, 0.1) is 22.9 Å². The van der Waals surface area contributed by atoms with Crippen molar-refractivity contribution in [3.05, 3.63) is 45.9 Å². The summed E-state index contributed by atoms with van der Waals surface area (Å²) in [7, 11) is 1.61. The zero-order chi connectivity index (χ0) is 13.7. The molecule has 0 radical (unpaired) electrons. The van der Waals surface area contributed by atoms with E-state index in [4.69, 9.17) is 15.9 Å².